The van der Waals surface area contributed by atoms with Crippen LogP contribution < -0.4 is 16.0 Å². The number of nitrogens with zero attached hydrogens (tertiary/aromatic N) is 1. The van der Waals surface area contributed by atoms with Gasteiger partial charge in [-0.15, -0.1) is 0 Å². The molecule has 0 aromatic heterocycles. The number of hydrogen-bond donors (Lipinski definition) is 4. The van der Waals surface area contributed by atoms with E-state index in [9.17, 15) is 24.0 Å². The first-order valence-corrected chi connectivity index (χ1v) is 11.1. The molecule has 5 amide bonds. The Morgan fingerprint density at radius 2 is 1.55 bits per heavy atom. The van der Waals surface area contributed by atoms with E-state index in [-0.39, 0.29) is 49.4 Å². The fourth-order valence-electron chi connectivity index (χ4n) is 3.29. The molecule has 9 nitrogen and oxygen atoms in total. The molecular formula is C21H36N4O5S. The van der Waals surface area contributed by atoms with Gasteiger partial charge in [-0.3, -0.25) is 28.9 Å². The van der Waals surface area contributed by atoms with Crippen molar-refractivity contribution in [2.75, 3.05) is 13.6 Å². The highest BCUT2D eigenvalue weighted by atomic mass is 32.1. The van der Waals surface area contributed by atoms with Crippen molar-refractivity contribution in [2.24, 2.45) is 11.3 Å². The topological polar surface area (TPSA) is 125 Å². The van der Waals surface area contributed by atoms with Crippen LogP contribution in [0.3, 0.4) is 0 Å². The number of likely N-dealkylation sites (N-methyl/N-ethyl adjacent to an activating group) is 1. The number of carbonyl (C=O) groups is 5. The summed E-state index contributed by atoms with van der Waals surface area (Å²) in [6, 6.07) is -1.61. The first-order valence-electron chi connectivity index (χ1n) is 10.6. The summed E-state index contributed by atoms with van der Waals surface area (Å²) in [7, 11) is 1.50. The van der Waals surface area contributed by atoms with E-state index in [0.29, 0.717) is 6.42 Å². The van der Waals surface area contributed by atoms with Crippen LogP contribution in [-0.4, -0.2) is 65.4 Å². The zero-order valence-corrected chi connectivity index (χ0v) is 20.2. The van der Waals surface area contributed by atoms with Gasteiger partial charge in [0.1, 0.15) is 12.1 Å². The van der Waals surface area contributed by atoms with E-state index in [1.54, 1.807) is 0 Å². The molecule has 1 aliphatic rings. The van der Waals surface area contributed by atoms with Crippen LogP contribution in [0, 0.1) is 11.3 Å². The summed E-state index contributed by atoms with van der Waals surface area (Å²) in [6.07, 6.45) is 0.954. The fraction of sp³-hybridized carbons (Fsp3) is 0.762. The predicted octanol–water partition coefficient (Wildman–Crippen LogP) is 0.632. The Labute approximate surface area is 189 Å². The second-order valence-electron chi connectivity index (χ2n) is 9.36. The van der Waals surface area contributed by atoms with Crippen molar-refractivity contribution in [3.05, 3.63) is 0 Å². The molecule has 1 heterocycles. The lowest BCUT2D eigenvalue weighted by Gasteiger charge is -2.32. The molecule has 0 aromatic carbocycles. The van der Waals surface area contributed by atoms with Crippen molar-refractivity contribution in [1.82, 2.24) is 20.9 Å². The fourth-order valence-corrected chi connectivity index (χ4v) is 3.48. The molecule has 0 radical (unpaired) electrons. The van der Waals surface area contributed by atoms with Crippen LogP contribution in [0.15, 0.2) is 0 Å². The summed E-state index contributed by atoms with van der Waals surface area (Å²) >= 11 is 4.30. The Morgan fingerprint density at radius 3 is 2.00 bits per heavy atom. The van der Waals surface area contributed by atoms with Gasteiger partial charge in [0.2, 0.25) is 29.5 Å². The van der Waals surface area contributed by atoms with Gasteiger partial charge in [-0.05, 0) is 24.2 Å². The Hall–Kier alpha value is -2.10. The Kier molecular flexibility index (Phi) is 9.99. The molecule has 1 rings (SSSR count). The minimum atomic E-state index is -0.841. The average Bonchev–Trinajstić information content (AvgIpc) is 2.99. The zero-order chi connectivity index (χ0) is 23.9. The zero-order valence-electron chi connectivity index (χ0n) is 19.3. The lowest BCUT2D eigenvalue weighted by atomic mass is 9.85. The summed E-state index contributed by atoms with van der Waals surface area (Å²) < 4.78 is 0. The van der Waals surface area contributed by atoms with E-state index in [1.807, 2.05) is 34.6 Å². The molecule has 10 heteroatoms. The maximum absolute atomic E-state index is 12.9. The third-order valence-electron chi connectivity index (χ3n) is 5.08. The number of amides is 5. The number of likely N-dealkylation sites (tertiary alicyclic amines) is 1. The molecular weight excluding hydrogens is 420 g/mol. The highest BCUT2D eigenvalue weighted by molar-refractivity contribution is 7.81. The van der Waals surface area contributed by atoms with Crippen molar-refractivity contribution in [1.29, 1.82) is 0 Å². The van der Waals surface area contributed by atoms with Crippen molar-refractivity contribution in [3.8, 4) is 0 Å². The lowest BCUT2D eigenvalue weighted by molar-refractivity contribution is -0.139. The Morgan fingerprint density at radius 1 is 1.00 bits per heavy atom. The molecule has 176 valence electrons. The molecule has 1 fully saturated rings. The van der Waals surface area contributed by atoms with Crippen molar-refractivity contribution in [3.63, 3.8) is 0 Å². The van der Waals surface area contributed by atoms with Crippen LogP contribution >= 0.6 is 12.6 Å². The number of nitrogens with one attached hydrogen (secondary N) is 3. The Bertz CT molecular complexity index is 688. The minimum Gasteiger partial charge on any atom is -0.357 e. The third kappa shape index (κ3) is 8.16. The summed E-state index contributed by atoms with van der Waals surface area (Å²) in [5.74, 6) is -1.60. The van der Waals surface area contributed by atoms with Crippen LogP contribution in [-0.2, 0) is 24.0 Å². The molecule has 1 saturated heterocycles. The van der Waals surface area contributed by atoms with Gasteiger partial charge in [0.15, 0.2) is 0 Å². The number of rotatable bonds is 10. The predicted molar refractivity (Wildman–Crippen MR) is 120 cm³/mol. The maximum Gasteiger partial charge on any atom is 0.243 e. The highest BCUT2D eigenvalue weighted by Gasteiger charge is 2.35. The first kappa shape index (κ1) is 26.9. The summed E-state index contributed by atoms with van der Waals surface area (Å²) in [5.41, 5.74) is -0.525. The van der Waals surface area contributed by atoms with Gasteiger partial charge in [-0.25, -0.2) is 0 Å². The SMILES string of the molecule is CNC(=O)C(NC(=O)C(CC(C)C)NC(=O)C(S)CCN1C(=O)CCC1=O)C(C)(C)C. The largest absolute Gasteiger partial charge is 0.357 e. The molecule has 0 saturated carbocycles. The smallest absolute Gasteiger partial charge is 0.243 e. The minimum absolute atomic E-state index is 0.113. The number of carbonyl (C=O) groups excluding carboxylic acids is 5. The van der Waals surface area contributed by atoms with E-state index in [0.717, 1.165) is 4.90 Å². The summed E-state index contributed by atoms with van der Waals surface area (Å²) in [4.78, 5) is 62.4. The van der Waals surface area contributed by atoms with Crippen LogP contribution in [0.25, 0.3) is 0 Å². The standard InChI is InChI=1S/C21H36N4O5S/c1-12(2)11-13(18(28)24-17(20(30)22-6)21(3,4)5)23-19(29)14(31)9-10-25-15(26)7-8-16(25)27/h12-14,17,31H,7-11H2,1-6H3,(H,22,30)(H,23,29)(H,24,28). The molecule has 0 spiro atoms. The Balaban J connectivity index is 2.80. The quantitative estimate of drug-likeness (QED) is 0.284. The molecule has 3 N–H and O–H groups in total. The van der Waals surface area contributed by atoms with Crippen LogP contribution in [0.1, 0.15) is 60.3 Å². The first-order chi connectivity index (χ1) is 14.3. The number of imide groups is 1. The van der Waals surface area contributed by atoms with E-state index < -0.39 is 34.6 Å². The van der Waals surface area contributed by atoms with Gasteiger partial charge < -0.3 is 16.0 Å². The molecule has 1 aliphatic heterocycles. The molecule has 0 bridgehead atoms. The summed E-state index contributed by atoms with van der Waals surface area (Å²) in [5, 5.41) is 7.23. The van der Waals surface area contributed by atoms with Crippen LogP contribution in [0.5, 0.6) is 0 Å². The normalized spacial score (nSPS) is 17.4. The van der Waals surface area contributed by atoms with Crippen molar-refractivity contribution in [2.45, 2.75) is 77.6 Å². The van der Waals surface area contributed by atoms with Gasteiger partial charge in [-0.2, -0.15) is 12.6 Å². The second kappa shape index (κ2) is 11.5. The lowest BCUT2D eigenvalue weighted by Crippen LogP contribution is -2.58. The van der Waals surface area contributed by atoms with Crippen LogP contribution in [0.2, 0.25) is 0 Å². The van der Waals surface area contributed by atoms with Gasteiger partial charge in [-0.1, -0.05) is 34.6 Å². The van der Waals surface area contributed by atoms with E-state index in [4.69, 9.17) is 0 Å². The van der Waals surface area contributed by atoms with Crippen LogP contribution in [0.4, 0.5) is 0 Å². The third-order valence-corrected chi connectivity index (χ3v) is 5.58. The highest BCUT2D eigenvalue weighted by Crippen LogP contribution is 2.20. The van der Waals surface area contributed by atoms with Crippen molar-refractivity contribution >= 4 is 42.2 Å². The van der Waals surface area contributed by atoms with E-state index in [1.165, 1.54) is 7.05 Å². The van der Waals surface area contributed by atoms with Gasteiger partial charge in [0, 0.05) is 26.4 Å². The number of thiol groups is 1. The molecule has 3 atom stereocenters. The molecule has 31 heavy (non-hydrogen) atoms. The number of hydrogen-bond acceptors (Lipinski definition) is 6. The van der Waals surface area contributed by atoms with E-state index >= 15 is 0 Å². The van der Waals surface area contributed by atoms with Gasteiger partial charge in [0.05, 0.1) is 5.25 Å². The van der Waals surface area contributed by atoms with E-state index in [2.05, 4.69) is 28.6 Å². The monoisotopic (exact) mass is 456 g/mol. The summed E-state index contributed by atoms with van der Waals surface area (Å²) in [6.45, 7) is 9.49. The molecule has 3 unspecified atom stereocenters. The van der Waals surface area contributed by atoms with Gasteiger partial charge in [0.25, 0.3) is 0 Å². The van der Waals surface area contributed by atoms with Crippen molar-refractivity contribution < 1.29 is 24.0 Å². The maximum atomic E-state index is 12.9. The van der Waals surface area contributed by atoms with Gasteiger partial charge >= 0.3 is 0 Å². The molecule has 0 aliphatic carbocycles. The second-order valence-corrected chi connectivity index (χ2v) is 9.98. The molecule has 0 aromatic rings. The average molecular weight is 457 g/mol.